The van der Waals surface area contributed by atoms with Gasteiger partial charge in [-0.05, 0) is 55.3 Å². The van der Waals surface area contributed by atoms with Crippen LogP contribution in [-0.4, -0.2) is 40.0 Å². The summed E-state index contributed by atoms with van der Waals surface area (Å²) in [6.45, 7) is 5.12. The zero-order valence-electron chi connectivity index (χ0n) is 16.0. The summed E-state index contributed by atoms with van der Waals surface area (Å²) in [6.07, 6.45) is 4.37. The number of fused-ring (bicyclic) bond motifs is 1. The molecule has 28 heavy (non-hydrogen) atoms. The number of amides is 1. The van der Waals surface area contributed by atoms with Crippen molar-refractivity contribution in [3.8, 4) is 5.88 Å². The largest absolute Gasteiger partial charge is 0.472 e. The Kier molecular flexibility index (Phi) is 4.94. The van der Waals surface area contributed by atoms with Gasteiger partial charge in [-0.15, -0.1) is 0 Å². The number of aromatic nitrogens is 2. The molecule has 5 nitrogen and oxygen atoms in total. The van der Waals surface area contributed by atoms with Gasteiger partial charge in [-0.25, -0.2) is 9.37 Å². The molecule has 6 heteroatoms. The summed E-state index contributed by atoms with van der Waals surface area (Å²) in [6, 6.07) is 8.79. The van der Waals surface area contributed by atoms with E-state index < -0.39 is 5.82 Å². The van der Waals surface area contributed by atoms with Crippen molar-refractivity contribution in [1.82, 2.24) is 14.9 Å². The van der Waals surface area contributed by atoms with E-state index in [0.29, 0.717) is 31.5 Å². The number of pyridine rings is 2. The maximum absolute atomic E-state index is 13.7. The summed E-state index contributed by atoms with van der Waals surface area (Å²) in [7, 11) is 0. The topological polar surface area (TPSA) is 55.3 Å². The van der Waals surface area contributed by atoms with Gasteiger partial charge in [-0.1, -0.05) is 0 Å². The Morgan fingerprint density at radius 1 is 1.14 bits per heavy atom. The van der Waals surface area contributed by atoms with Crippen molar-refractivity contribution in [3.63, 3.8) is 0 Å². The van der Waals surface area contributed by atoms with Gasteiger partial charge in [0.1, 0.15) is 6.10 Å². The molecular formula is C22H22FN3O2. The smallest absolute Gasteiger partial charge is 0.256 e. The van der Waals surface area contributed by atoms with Crippen molar-refractivity contribution in [2.24, 2.45) is 0 Å². The minimum absolute atomic E-state index is 0.0192. The van der Waals surface area contributed by atoms with Crippen molar-refractivity contribution in [3.05, 3.63) is 65.2 Å². The van der Waals surface area contributed by atoms with Gasteiger partial charge in [-0.3, -0.25) is 9.78 Å². The molecule has 0 radical (unpaired) electrons. The van der Waals surface area contributed by atoms with Crippen molar-refractivity contribution >= 4 is 16.8 Å². The third kappa shape index (κ3) is 3.54. The first-order valence-electron chi connectivity index (χ1n) is 9.45. The lowest BCUT2D eigenvalue weighted by molar-refractivity contribution is 0.0581. The van der Waals surface area contributed by atoms with E-state index in [-0.39, 0.29) is 17.9 Å². The Morgan fingerprint density at radius 2 is 1.93 bits per heavy atom. The maximum atomic E-state index is 13.7. The molecule has 3 heterocycles. The fraction of sp³-hybridized carbons (Fsp3) is 0.318. The highest BCUT2D eigenvalue weighted by Crippen LogP contribution is 2.25. The molecule has 0 aliphatic carbocycles. The summed E-state index contributed by atoms with van der Waals surface area (Å²) >= 11 is 0. The van der Waals surface area contributed by atoms with Crippen LogP contribution >= 0.6 is 0 Å². The Hall–Kier alpha value is -3.02. The summed E-state index contributed by atoms with van der Waals surface area (Å²) < 4.78 is 19.4. The van der Waals surface area contributed by atoms with Crippen LogP contribution in [0.1, 0.15) is 34.3 Å². The van der Waals surface area contributed by atoms with Crippen LogP contribution < -0.4 is 4.74 Å². The van der Waals surface area contributed by atoms with Gasteiger partial charge in [0.05, 0.1) is 11.1 Å². The number of halogens is 1. The lowest BCUT2D eigenvalue weighted by atomic mass is 10.0. The zero-order chi connectivity index (χ0) is 19.7. The van der Waals surface area contributed by atoms with E-state index in [9.17, 15) is 9.18 Å². The van der Waals surface area contributed by atoms with Crippen LogP contribution in [0.2, 0.25) is 0 Å². The number of hydrogen-bond donors (Lipinski definition) is 0. The Morgan fingerprint density at radius 3 is 2.68 bits per heavy atom. The molecular weight excluding hydrogens is 357 g/mol. The van der Waals surface area contributed by atoms with E-state index in [1.165, 1.54) is 18.3 Å². The van der Waals surface area contributed by atoms with Crippen LogP contribution in [0, 0.1) is 19.7 Å². The number of aryl methyl sites for hydroxylation is 2. The molecule has 0 atom stereocenters. The van der Waals surface area contributed by atoms with E-state index in [0.717, 1.165) is 22.0 Å². The van der Waals surface area contributed by atoms with Gasteiger partial charge in [0.15, 0.2) is 5.82 Å². The van der Waals surface area contributed by atoms with Crippen LogP contribution in [-0.2, 0) is 0 Å². The molecule has 1 saturated heterocycles. The predicted octanol–water partition coefficient (Wildman–Crippen LogP) is 4.07. The van der Waals surface area contributed by atoms with Gasteiger partial charge in [-0.2, -0.15) is 0 Å². The molecule has 0 spiro atoms. The molecule has 0 bridgehead atoms. The van der Waals surface area contributed by atoms with Crippen LogP contribution in [0.3, 0.4) is 0 Å². The first kappa shape index (κ1) is 18.3. The van der Waals surface area contributed by atoms with Gasteiger partial charge in [0.25, 0.3) is 11.8 Å². The highest BCUT2D eigenvalue weighted by molar-refractivity contribution is 6.06. The van der Waals surface area contributed by atoms with Gasteiger partial charge >= 0.3 is 0 Å². The number of piperidine rings is 1. The fourth-order valence-electron chi connectivity index (χ4n) is 3.66. The number of likely N-dealkylation sites (tertiary alicyclic amines) is 1. The standard InChI is InChI=1S/C22H22FN3O2/c1-14-12-17-15(2)5-9-24-20(17)18(13-14)22(27)26-10-6-16(7-11-26)28-21-19(23)4-3-8-25-21/h3-5,8-9,12-13,16H,6-7,10-11H2,1-2H3. The van der Waals surface area contributed by atoms with Gasteiger partial charge < -0.3 is 9.64 Å². The number of benzene rings is 1. The molecule has 4 rings (SSSR count). The molecule has 1 amide bonds. The highest BCUT2D eigenvalue weighted by Gasteiger charge is 2.27. The van der Waals surface area contributed by atoms with Crippen LogP contribution in [0.25, 0.3) is 10.9 Å². The zero-order valence-corrected chi connectivity index (χ0v) is 16.0. The van der Waals surface area contributed by atoms with Crippen molar-refractivity contribution < 1.29 is 13.9 Å². The Balaban J connectivity index is 1.50. The predicted molar refractivity (Wildman–Crippen MR) is 105 cm³/mol. The van der Waals surface area contributed by atoms with E-state index in [4.69, 9.17) is 4.74 Å². The third-order valence-electron chi connectivity index (χ3n) is 5.17. The fourth-order valence-corrected chi connectivity index (χ4v) is 3.66. The minimum atomic E-state index is -0.464. The van der Waals surface area contributed by atoms with E-state index in [2.05, 4.69) is 16.0 Å². The minimum Gasteiger partial charge on any atom is -0.472 e. The quantitative estimate of drug-likeness (QED) is 0.688. The lowest BCUT2D eigenvalue weighted by Gasteiger charge is -2.32. The molecule has 0 saturated carbocycles. The van der Waals surface area contributed by atoms with E-state index in [1.54, 1.807) is 6.20 Å². The second-order valence-corrected chi connectivity index (χ2v) is 7.24. The lowest BCUT2D eigenvalue weighted by Crippen LogP contribution is -2.42. The summed E-state index contributed by atoms with van der Waals surface area (Å²) in [5.74, 6) is -0.459. The molecule has 2 aromatic heterocycles. The maximum Gasteiger partial charge on any atom is 0.256 e. The average Bonchev–Trinajstić information content (AvgIpc) is 2.70. The van der Waals surface area contributed by atoms with Gasteiger partial charge in [0, 0.05) is 43.7 Å². The molecule has 1 aliphatic heterocycles. The SMILES string of the molecule is Cc1cc(C(=O)N2CCC(Oc3ncccc3F)CC2)c2nccc(C)c2c1. The number of nitrogens with zero attached hydrogens (tertiary/aromatic N) is 3. The second kappa shape index (κ2) is 7.54. The molecule has 1 aliphatic rings. The second-order valence-electron chi connectivity index (χ2n) is 7.24. The van der Waals surface area contributed by atoms with Crippen molar-refractivity contribution in [2.45, 2.75) is 32.8 Å². The number of hydrogen-bond acceptors (Lipinski definition) is 4. The van der Waals surface area contributed by atoms with E-state index >= 15 is 0 Å². The first-order valence-corrected chi connectivity index (χ1v) is 9.45. The summed E-state index contributed by atoms with van der Waals surface area (Å²) in [4.78, 5) is 23.4. The molecule has 1 fully saturated rings. The van der Waals surface area contributed by atoms with Crippen LogP contribution in [0.5, 0.6) is 5.88 Å². The van der Waals surface area contributed by atoms with Crippen molar-refractivity contribution in [1.29, 1.82) is 0 Å². The number of ether oxygens (including phenoxy) is 1. The summed E-state index contributed by atoms with van der Waals surface area (Å²) in [5, 5.41) is 1.01. The number of rotatable bonds is 3. The Bertz CT molecular complexity index is 1030. The molecule has 144 valence electrons. The Labute approximate surface area is 163 Å². The van der Waals surface area contributed by atoms with Crippen molar-refractivity contribution in [2.75, 3.05) is 13.1 Å². The number of carbonyl (C=O) groups excluding carboxylic acids is 1. The van der Waals surface area contributed by atoms with Gasteiger partial charge in [0.2, 0.25) is 0 Å². The normalized spacial score (nSPS) is 15.0. The van der Waals surface area contributed by atoms with Crippen LogP contribution in [0.4, 0.5) is 4.39 Å². The number of carbonyl (C=O) groups is 1. The molecule has 0 unspecified atom stereocenters. The van der Waals surface area contributed by atoms with E-state index in [1.807, 2.05) is 30.9 Å². The molecule has 3 aromatic rings. The molecule has 1 aromatic carbocycles. The monoisotopic (exact) mass is 379 g/mol. The average molecular weight is 379 g/mol. The molecule has 0 N–H and O–H groups in total. The highest BCUT2D eigenvalue weighted by atomic mass is 19.1. The third-order valence-corrected chi connectivity index (χ3v) is 5.17. The first-order chi connectivity index (χ1) is 13.5. The van der Waals surface area contributed by atoms with Crippen LogP contribution in [0.15, 0.2) is 42.7 Å². The summed E-state index contributed by atoms with van der Waals surface area (Å²) in [5.41, 5.74) is 3.52.